The van der Waals surface area contributed by atoms with E-state index in [0.717, 1.165) is 12.3 Å². The molecule has 0 radical (unpaired) electrons. The van der Waals surface area contributed by atoms with E-state index in [0.29, 0.717) is 6.61 Å². The van der Waals surface area contributed by atoms with E-state index >= 15 is 0 Å². The first-order valence-corrected chi connectivity index (χ1v) is 3.65. The van der Waals surface area contributed by atoms with Gasteiger partial charge in [-0.05, 0) is 12.3 Å². The van der Waals surface area contributed by atoms with Crippen LogP contribution < -0.4 is 0 Å². The summed E-state index contributed by atoms with van der Waals surface area (Å²) in [5.41, 5.74) is 0. The van der Waals surface area contributed by atoms with E-state index in [1.807, 2.05) is 0 Å². The van der Waals surface area contributed by atoms with Crippen LogP contribution in [-0.4, -0.2) is 17.9 Å². The molecular formula is C7H12O3. The van der Waals surface area contributed by atoms with Crippen LogP contribution in [0.5, 0.6) is 0 Å². The van der Waals surface area contributed by atoms with Crippen LogP contribution in [0.3, 0.4) is 0 Å². The summed E-state index contributed by atoms with van der Waals surface area (Å²) < 4.78 is 4.36. The first kappa shape index (κ1) is 7.38. The van der Waals surface area contributed by atoms with Crippen LogP contribution in [0.15, 0.2) is 0 Å². The molecule has 1 rings (SSSR count). The van der Waals surface area contributed by atoms with E-state index in [2.05, 4.69) is 4.74 Å². The van der Waals surface area contributed by atoms with Gasteiger partial charge in [-0.1, -0.05) is 19.3 Å². The summed E-state index contributed by atoms with van der Waals surface area (Å²) in [6.45, 7) is 0.375. The average Bonchev–Trinajstić information content (AvgIpc) is 1.75. The van der Waals surface area contributed by atoms with Gasteiger partial charge in [-0.15, -0.1) is 0 Å². The third kappa shape index (κ3) is 2.25. The normalized spacial score (nSPS) is 18.0. The van der Waals surface area contributed by atoms with Crippen molar-refractivity contribution in [2.75, 3.05) is 6.61 Å². The van der Waals surface area contributed by atoms with Gasteiger partial charge in [0.05, 0.1) is 6.61 Å². The Morgan fingerprint density at radius 2 is 2.30 bits per heavy atom. The zero-order valence-corrected chi connectivity index (χ0v) is 5.88. The maximum absolute atomic E-state index is 9.86. The van der Waals surface area contributed by atoms with Crippen molar-refractivity contribution < 1.29 is 14.6 Å². The van der Waals surface area contributed by atoms with Gasteiger partial charge < -0.3 is 9.84 Å². The Kier molecular flexibility index (Phi) is 2.54. The van der Waals surface area contributed by atoms with E-state index in [4.69, 9.17) is 5.11 Å². The van der Waals surface area contributed by atoms with E-state index in [9.17, 15) is 4.79 Å². The van der Waals surface area contributed by atoms with Gasteiger partial charge in [-0.3, -0.25) is 0 Å². The van der Waals surface area contributed by atoms with Gasteiger partial charge in [-0.25, -0.2) is 4.79 Å². The summed E-state index contributed by atoms with van der Waals surface area (Å²) in [5, 5.41) is 8.09. The molecule has 0 unspecified atom stereocenters. The van der Waals surface area contributed by atoms with Crippen molar-refractivity contribution in [1.82, 2.24) is 0 Å². The summed E-state index contributed by atoms with van der Waals surface area (Å²) in [7, 11) is 0. The minimum absolute atomic E-state index is 0.375. The lowest BCUT2D eigenvalue weighted by molar-refractivity contribution is 0.0813. The smallest absolute Gasteiger partial charge is 0.450 e. The molecule has 0 amide bonds. The fourth-order valence-corrected chi connectivity index (χ4v) is 1.09. The molecule has 1 aliphatic carbocycles. The Morgan fingerprint density at radius 1 is 1.60 bits per heavy atom. The summed E-state index contributed by atoms with van der Waals surface area (Å²) in [5.74, 6) is 0.736. The lowest BCUT2D eigenvalue weighted by atomic mass is 9.83. The highest BCUT2D eigenvalue weighted by molar-refractivity contribution is 5.56. The van der Waals surface area contributed by atoms with E-state index in [-0.39, 0.29) is 0 Å². The number of ether oxygens (including phenoxy) is 1. The van der Waals surface area contributed by atoms with Gasteiger partial charge >= 0.3 is 6.16 Å². The molecule has 0 heterocycles. The van der Waals surface area contributed by atoms with E-state index in [1.165, 1.54) is 19.3 Å². The van der Waals surface area contributed by atoms with Crippen LogP contribution in [0.25, 0.3) is 0 Å². The molecule has 3 nitrogen and oxygen atoms in total. The molecule has 1 aliphatic rings. The number of hydrogen-bond donors (Lipinski definition) is 1. The molecule has 10 heavy (non-hydrogen) atoms. The van der Waals surface area contributed by atoms with Gasteiger partial charge in [0.25, 0.3) is 0 Å². The van der Waals surface area contributed by atoms with Gasteiger partial charge in [0.1, 0.15) is 0 Å². The first-order valence-electron chi connectivity index (χ1n) is 3.65. The zero-order valence-electron chi connectivity index (χ0n) is 5.88. The number of carbonyl (C=O) groups is 1. The van der Waals surface area contributed by atoms with Gasteiger partial charge in [0.2, 0.25) is 0 Å². The first-order chi connectivity index (χ1) is 4.79. The molecule has 3 heteroatoms. The van der Waals surface area contributed by atoms with Gasteiger partial charge in [0.15, 0.2) is 0 Å². The molecule has 0 atom stereocenters. The maximum Gasteiger partial charge on any atom is 0.505 e. The van der Waals surface area contributed by atoms with Crippen molar-refractivity contribution in [2.45, 2.75) is 25.7 Å². The van der Waals surface area contributed by atoms with Crippen molar-refractivity contribution in [1.29, 1.82) is 0 Å². The van der Waals surface area contributed by atoms with Crippen LogP contribution in [-0.2, 0) is 4.74 Å². The van der Waals surface area contributed by atoms with Crippen LogP contribution in [0.2, 0.25) is 0 Å². The Balaban J connectivity index is 1.89. The predicted molar refractivity (Wildman–Crippen MR) is 35.9 cm³/mol. The SMILES string of the molecule is O=C(O)OCCC1CCC1. The Morgan fingerprint density at radius 3 is 2.70 bits per heavy atom. The van der Waals surface area contributed by atoms with Crippen molar-refractivity contribution in [3.8, 4) is 0 Å². The van der Waals surface area contributed by atoms with Crippen LogP contribution in [0, 0.1) is 5.92 Å². The standard InChI is InChI=1S/C7H12O3/c8-7(9)10-5-4-6-2-1-3-6/h6H,1-5H2,(H,8,9). The largest absolute Gasteiger partial charge is 0.505 e. The van der Waals surface area contributed by atoms with Crippen molar-refractivity contribution >= 4 is 6.16 Å². The monoisotopic (exact) mass is 144 g/mol. The van der Waals surface area contributed by atoms with Crippen LogP contribution >= 0.6 is 0 Å². The molecule has 0 bridgehead atoms. The number of carboxylic acid groups (broad SMARTS) is 1. The van der Waals surface area contributed by atoms with Gasteiger partial charge in [-0.2, -0.15) is 0 Å². The zero-order chi connectivity index (χ0) is 7.40. The van der Waals surface area contributed by atoms with Crippen molar-refractivity contribution in [2.24, 2.45) is 5.92 Å². The second-order valence-electron chi connectivity index (χ2n) is 2.70. The number of rotatable bonds is 3. The van der Waals surface area contributed by atoms with Crippen molar-refractivity contribution in [3.63, 3.8) is 0 Å². The Labute approximate surface area is 60.0 Å². The summed E-state index contributed by atoms with van der Waals surface area (Å²) in [6.07, 6.45) is 3.56. The lowest BCUT2D eigenvalue weighted by Gasteiger charge is -2.24. The van der Waals surface area contributed by atoms with Gasteiger partial charge in [0, 0.05) is 0 Å². The van der Waals surface area contributed by atoms with Crippen LogP contribution in [0.1, 0.15) is 25.7 Å². The molecule has 0 aromatic carbocycles. The summed E-state index contributed by atoms with van der Waals surface area (Å²) in [4.78, 5) is 9.86. The third-order valence-electron chi connectivity index (χ3n) is 1.98. The topological polar surface area (TPSA) is 46.5 Å². The van der Waals surface area contributed by atoms with Crippen LogP contribution in [0.4, 0.5) is 4.79 Å². The molecule has 0 spiro atoms. The molecule has 58 valence electrons. The van der Waals surface area contributed by atoms with E-state index in [1.54, 1.807) is 0 Å². The molecule has 1 N–H and O–H groups in total. The maximum atomic E-state index is 9.86. The summed E-state index contributed by atoms with van der Waals surface area (Å²) >= 11 is 0. The highest BCUT2D eigenvalue weighted by Gasteiger charge is 2.17. The molecule has 1 fully saturated rings. The Bertz CT molecular complexity index is 118. The lowest BCUT2D eigenvalue weighted by Crippen LogP contribution is -2.14. The molecule has 0 saturated heterocycles. The molecular weight excluding hydrogens is 132 g/mol. The second kappa shape index (κ2) is 3.44. The average molecular weight is 144 g/mol. The quantitative estimate of drug-likeness (QED) is 0.615. The Hall–Kier alpha value is -0.730. The second-order valence-corrected chi connectivity index (χ2v) is 2.70. The molecule has 0 aromatic heterocycles. The highest BCUT2D eigenvalue weighted by atomic mass is 16.7. The fourth-order valence-electron chi connectivity index (χ4n) is 1.09. The molecule has 1 saturated carbocycles. The van der Waals surface area contributed by atoms with Crippen molar-refractivity contribution in [3.05, 3.63) is 0 Å². The highest BCUT2D eigenvalue weighted by Crippen LogP contribution is 2.28. The summed E-state index contributed by atoms with van der Waals surface area (Å²) in [6, 6.07) is 0. The molecule has 0 aromatic rings. The third-order valence-corrected chi connectivity index (χ3v) is 1.98. The number of hydrogen-bond acceptors (Lipinski definition) is 2. The molecule has 0 aliphatic heterocycles. The minimum atomic E-state index is -1.15. The van der Waals surface area contributed by atoms with E-state index < -0.39 is 6.16 Å². The minimum Gasteiger partial charge on any atom is -0.450 e. The predicted octanol–water partition coefficient (Wildman–Crippen LogP) is 1.87. The fraction of sp³-hybridized carbons (Fsp3) is 0.857.